The number of hydrogen-bond acceptors (Lipinski definition) is 4. The van der Waals surface area contributed by atoms with E-state index >= 15 is 0 Å². The Morgan fingerprint density at radius 3 is 2.83 bits per heavy atom. The van der Waals surface area contributed by atoms with Crippen molar-refractivity contribution in [3.05, 3.63) is 58.4 Å². The van der Waals surface area contributed by atoms with Gasteiger partial charge in [-0.3, -0.25) is 9.78 Å². The van der Waals surface area contributed by atoms with E-state index in [1.165, 1.54) is 6.92 Å². The summed E-state index contributed by atoms with van der Waals surface area (Å²) in [6.45, 7) is 1.59. The van der Waals surface area contributed by atoms with Crippen LogP contribution in [0.4, 0.5) is 13.2 Å². The van der Waals surface area contributed by atoms with Crippen molar-refractivity contribution in [2.75, 3.05) is 0 Å². The fourth-order valence-corrected chi connectivity index (χ4v) is 2.63. The topological polar surface area (TPSA) is 59.4 Å². The van der Waals surface area contributed by atoms with Gasteiger partial charge in [-0.05, 0) is 35.1 Å². The molecule has 0 atom stereocenters. The summed E-state index contributed by atoms with van der Waals surface area (Å²) in [5.41, 5.74) is 0.861. The minimum atomic E-state index is -4.53. The van der Waals surface area contributed by atoms with Gasteiger partial charge in [0.05, 0.1) is 12.2 Å². The van der Waals surface area contributed by atoms with Crippen LogP contribution >= 0.6 is 0 Å². The molecule has 0 unspecified atom stereocenters. The summed E-state index contributed by atoms with van der Waals surface area (Å²) in [5.74, 6) is -0.520. The number of rotatable bonds is 3. The van der Waals surface area contributed by atoms with Crippen LogP contribution < -0.4 is 5.46 Å². The number of halogens is 3. The molecule has 0 spiro atoms. The van der Waals surface area contributed by atoms with Crippen molar-refractivity contribution >= 4 is 18.4 Å². The SMILES string of the molecule is Cc1cnc(C(=O)Cc2ccc3c(c2)B(O)OC3)cc1C(F)(F)F. The first-order chi connectivity index (χ1) is 11.3. The molecule has 1 aliphatic heterocycles. The van der Waals surface area contributed by atoms with Gasteiger partial charge in [0.25, 0.3) is 0 Å². The van der Waals surface area contributed by atoms with E-state index in [-0.39, 0.29) is 17.7 Å². The highest BCUT2D eigenvalue weighted by Gasteiger charge is 2.33. The molecule has 8 heteroatoms. The summed E-state index contributed by atoms with van der Waals surface area (Å²) in [6, 6.07) is 5.83. The van der Waals surface area contributed by atoms with Gasteiger partial charge in [-0.15, -0.1) is 0 Å². The van der Waals surface area contributed by atoms with E-state index < -0.39 is 24.6 Å². The lowest BCUT2D eigenvalue weighted by Crippen LogP contribution is -2.28. The molecule has 0 saturated heterocycles. The van der Waals surface area contributed by atoms with E-state index in [4.69, 9.17) is 4.65 Å². The molecule has 0 aliphatic carbocycles. The van der Waals surface area contributed by atoms with Crippen LogP contribution in [-0.4, -0.2) is 22.9 Å². The number of ketones is 1. The highest BCUT2D eigenvalue weighted by molar-refractivity contribution is 6.61. The Hall–Kier alpha value is -2.19. The number of alkyl halides is 3. The number of aromatic nitrogens is 1. The van der Waals surface area contributed by atoms with Crippen molar-refractivity contribution in [1.29, 1.82) is 0 Å². The van der Waals surface area contributed by atoms with Gasteiger partial charge in [0.1, 0.15) is 5.69 Å². The standard InChI is InChI=1S/C16H13BF3NO3/c1-9-7-21-14(6-12(9)16(18,19)20)15(22)5-10-2-3-11-8-24-17(23)13(11)4-10/h2-4,6-7,23H,5,8H2,1H3. The molecule has 0 amide bonds. The third-order valence-corrected chi connectivity index (χ3v) is 3.93. The Kier molecular flexibility index (Phi) is 4.19. The first-order valence-corrected chi connectivity index (χ1v) is 7.24. The van der Waals surface area contributed by atoms with Crippen LogP contribution in [0.2, 0.25) is 0 Å². The van der Waals surface area contributed by atoms with Crippen molar-refractivity contribution in [1.82, 2.24) is 4.98 Å². The fraction of sp³-hybridized carbons (Fsp3) is 0.250. The maximum Gasteiger partial charge on any atom is 0.491 e. The number of fused-ring (bicyclic) bond motifs is 1. The summed E-state index contributed by atoms with van der Waals surface area (Å²) in [4.78, 5) is 16.1. The van der Waals surface area contributed by atoms with E-state index in [0.29, 0.717) is 17.6 Å². The molecule has 2 aromatic rings. The molecule has 0 fully saturated rings. The number of nitrogens with zero attached hydrogens (tertiary/aromatic N) is 1. The average molecular weight is 335 g/mol. The fourth-order valence-electron chi connectivity index (χ4n) is 2.63. The van der Waals surface area contributed by atoms with Gasteiger partial charge in [-0.25, -0.2) is 0 Å². The molecule has 1 N–H and O–H groups in total. The minimum Gasteiger partial charge on any atom is -0.423 e. The van der Waals surface area contributed by atoms with Crippen molar-refractivity contribution < 1.29 is 27.6 Å². The van der Waals surface area contributed by atoms with Crippen molar-refractivity contribution in [3.8, 4) is 0 Å². The molecule has 4 nitrogen and oxygen atoms in total. The molecule has 2 heterocycles. The average Bonchev–Trinajstić information content (AvgIpc) is 2.87. The molecule has 1 aliphatic rings. The number of benzene rings is 1. The van der Waals surface area contributed by atoms with Crippen LogP contribution in [0.1, 0.15) is 32.7 Å². The molecular formula is C16H13BF3NO3. The van der Waals surface area contributed by atoms with Gasteiger partial charge in [0, 0.05) is 12.6 Å². The number of Topliss-reactive ketones (excluding diaryl/α,β-unsaturated/α-hetero) is 1. The van der Waals surface area contributed by atoms with Crippen LogP contribution in [0.5, 0.6) is 0 Å². The third kappa shape index (κ3) is 3.20. The van der Waals surface area contributed by atoms with Crippen LogP contribution in [0, 0.1) is 6.92 Å². The minimum absolute atomic E-state index is 0.0307. The highest BCUT2D eigenvalue weighted by atomic mass is 19.4. The predicted octanol–water partition coefficient (Wildman–Crippen LogP) is 2.05. The first-order valence-electron chi connectivity index (χ1n) is 7.24. The second-order valence-electron chi connectivity index (χ2n) is 5.68. The Bertz CT molecular complexity index is 808. The van der Waals surface area contributed by atoms with E-state index in [9.17, 15) is 23.0 Å². The molecule has 1 aromatic heterocycles. The van der Waals surface area contributed by atoms with Gasteiger partial charge >= 0.3 is 13.3 Å². The third-order valence-electron chi connectivity index (χ3n) is 3.93. The van der Waals surface area contributed by atoms with Crippen LogP contribution in [0.15, 0.2) is 30.5 Å². The molecule has 24 heavy (non-hydrogen) atoms. The maximum atomic E-state index is 12.9. The van der Waals surface area contributed by atoms with Crippen LogP contribution in [0.25, 0.3) is 0 Å². The second-order valence-corrected chi connectivity index (χ2v) is 5.68. The normalized spacial score (nSPS) is 14.0. The van der Waals surface area contributed by atoms with Gasteiger partial charge in [0.2, 0.25) is 0 Å². The molecule has 0 saturated carbocycles. The Labute approximate surface area is 136 Å². The maximum absolute atomic E-state index is 12.9. The Morgan fingerprint density at radius 1 is 1.38 bits per heavy atom. The lowest BCUT2D eigenvalue weighted by Gasteiger charge is -2.11. The molecule has 0 bridgehead atoms. The van der Waals surface area contributed by atoms with E-state index in [1.54, 1.807) is 18.2 Å². The molecule has 1 aromatic carbocycles. The van der Waals surface area contributed by atoms with E-state index in [0.717, 1.165) is 17.8 Å². The molecule has 124 valence electrons. The zero-order chi connectivity index (χ0) is 17.5. The highest BCUT2D eigenvalue weighted by Crippen LogP contribution is 2.31. The number of pyridine rings is 1. The quantitative estimate of drug-likeness (QED) is 0.689. The summed E-state index contributed by atoms with van der Waals surface area (Å²) >= 11 is 0. The van der Waals surface area contributed by atoms with Crippen LogP contribution in [-0.2, 0) is 23.9 Å². The molecule has 3 rings (SSSR count). The second kappa shape index (κ2) is 6.03. The number of carbonyl (C=O) groups excluding carboxylic acids is 1. The van der Waals surface area contributed by atoms with Gasteiger partial charge < -0.3 is 9.68 Å². The van der Waals surface area contributed by atoms with Crippen molar-refractivity contribution in [3.63, 3.8) is 0 Å². The smallest absolute Gasteiger partial charge is 0.423 e. The lowest BCUT2D eigenvalue weighted by atomic mass is 9.78. The molecular weight excluding hydrogens is 322 g/mol. The zero-order valence-corrected chi connectivity index (χ0v) is 12.7. The summed E-state index contributed by atoms with van der Waals surface area (Å²) in [6.07, 6.45) is -3.58. The first kappa shape index (κ1) is 16.7. The monoisotopic (exact) mass is 335 g/mol. The summed E-state index contributed by atoms with van der Waals surface area (Å²) < 4.78 is 43.9. The number of aryl methyl sites for hydroxylation is 1. The van der Waals surface area contributed by atoms with Gasteiger partial charge in [0.15, 0.2) is 5.78 Å². The zero-order valence-electron chi connectivity index (χ0n) is 12.7. The van der Waals surface area contributed by atoms with E-state index in [2.05, 4.69) is 4.98 Å². The summed E-state index contributed by atoms with van der Waals surface area (Å²) in [7, 11) is -1.04. The summed E-state index contributed by atoms with van der Waals surface area (Å²) in [5, 5.41) is 9.67. The largest absolute Gasteiger partial charge is 0.491 e. The Balaban J connectivity index is 1.85. The molecule has 0 radical (unpaired) electrons. The van der Waals surface area contributed by atoms with Gasteiger partial charge in [-0.2, -0.15) is 13.2 Å². The van der Waals surface area contributed by atoms with Crippen molar-refractivity contribution in [2.24, 2.45) is 0 Å². The number of hydrogen-bond donors (Lipinski definition) is 1. The van der Waals surface area contributed by atoms with Crippen LogP contribution in [0.3, 0.4) is 0 Å². The van der Waals surface area contributed by atoms with Crippen molar-refractivity contribution in [2.45, 2.75) is 26.1 Å². The number of carbonyl (C=O) groups is 1. The Morgan fingerprint density at radius 2 is 2.12 bits per heavy atom. The lowest BCUT2D eigenvalue weighted by molar-refractivity contribution is -0.138. The predicted molar refractivity (Wildman–Crippen MR) is 80.8 cm³/mol. The van der Waals surface area contributed by atoms with E-state index in [1.807, 2.05) is 0 Å². The van der Waals surface area contributed by atoms with Gasteiger partial charge in [-0.1, -0.05) is 18.2 Å².